The summed E-state index contributed by atoms with van der Waals surface area (Å²) in [7, 11) is 0. The molecule has 0 saturated carbocycles. The van der Waals surface area contributed by atoms with Crippen LogP contribution in [0.25, 0.3) is 0 Å². The standard InChI is InChI=1S/C12H15NO3/c1-7-2-3-11-8(4-5-16-11)9(7)6-10(13)12(14)15/h2-3,10H,4-6,13H2,1H3,(H,14,15). The molecule has 2 rings (SSSR count). The van der Waals surface area contributed by atoms with E-state index in [1.54, 1.807) is 0 Å². The summed E-state index contributed by atoms with van der Waals surface area (Å²) in [5.41, 5.74) is 8.81. The van der Waals surface area contributed by atoms with E-state index in [1.165, 1.54) is 0 Å². The van der Waals surface area contributed by atoms with Crippen molar-refractivity contribution in [2.45, 2.75) is 25.8 Å². The largest absolute Gasteiger partial charge is 0.493 e. The average Bonchev–Trinajstić information content (AvgIpc) is 2.70. The number of nitrogens with two attached hydrogens (primary N) is 1. The molecule has 3 N–H and O–H groups in total. The van der Waals surface area contributed by atoms with E-state index in [9.17, 15) is 4.79 Å². The highest BCUT2D eigenvalue weighted by atomic mass is 16.5. The summed E-state index contributed by atoms with van der Waals surface area (Å²) < 4.78 is 5.45. The van der Waals surface area contributed by atoms with Gasteiger partial charge in [0.2, 0.25) is 0 Å². The molecule has 1 aliphatic rings. The third-order valence-electron chi connectivity index (χ3n) is 2.97. The summed E-state index contributed by atoms with van der Waals surface area (Å²) in [6.07, 6.45) is 1.21. The summed E-state index contributed by atoms with van der Waals surface area (Å²) in [6, 6.07) is 3.05. The molecule has 0 amide bonds. The number of carbonyl (C=O) groups is 1. The van der Waals surface area contributed by atoms with Crippen molar-refractivity contribution in [3.8, 4) is 5.75 Å². The van der Waals surface area contributed by atoms with Crippen LogP contribution in [0.15, 0.2) is 12.1 Å². The number of hydrogen-bond acceptors (Lipinski definition) is 3. The van der Waals surface area contributed by atoms with Gasteiger partial charge in [0.15, 0.2) is 0 Å². The van der Waals surface area contributed by atoms with Crippen LogP contribution >= 0.6 is 0 Å². The van der Waals surface area contributed by atoms with Gasteiger partial charge in [-0.25, -0.2) is 0 Å². The van der Waals surface area contributed by atoms with Crippen molar-refractivity contribution < 1.29 is 14.6 Å². The highest BCUT2D eigenvalue weighted by molar-refractivity contribution is 5.73. The third-order valence-corrected chi connectivity index (χ3v) is 2.97. The van der Waals surface area contributed by atoms with E-state index in [0.29, 0.717) is 13.0 Å². The van der Waals surface area contributed by atoms with Gasteiger partial charge in [-0.15, -0.1) is 0 Å². The molecule has 0 spiro atoms. The van der Waals surface area contributed by atoms with Gasteiger partial charge in [-0.05, 0) is 30.5 Å². The van der Waals surface area contributed by atoms with Gasteiger partial charge in [-0.2, -0.15) is 0 Å². The first-order valence-corrected chi connectivity index (χ1v) is 5.32. The van der Waals surface area contributed by atoms with Gasteiger partial charge < -0.3 is 15.6 Å². The first-order valence-electron chi connectivity index (χ1n) is 5.32. The van der Waals surface area contributed by atoms with Gasteiger partial charge in [-0.1, -0.05) is 6.07 Å². The number of benzene rings is 1. The molecule has 0 fully saturated rings. The van der Waals surface area contributed by atoms with E-state index in [4.69, 9.17) is 15.6 Å². The van der Waals surface area contributed by atoms with Gasteiger partial charge in [-0.3, -0.25) is 4.79 Å². The molecule has 0 aliphatic carbocycles. The SMILES string of the molecule is Cc1ccc2c(c1CC(N)C(=O)O)CCO2. The Hall–Kier alpha value is -1.55. The molecular formula is C12H15NO3. The Labute approximate surface area is 94.0 Å². The molecule has 0 aromatic heterocycles. The van der Waals surface area contributed by atoms with Gasteiger partial charge in [0.1, 0.15) is 11.8 Å². The zero-order valence-corrected chi connectivity index (χ0v) is 9.19. The zero-order valence-electron chi connectivity index (χ0n) is 9.19. The second kappa shape index (κ2) is 4.14. The summed E-state index contributed by atoms with van der Waals surface area (Å²) in [5, 5.41) is 8.83. The Morgan fingerprint density at radius 1 is 1.62 bits per heavy atom. The minimum atomic E-state index is -0.962. The molecule has 4 heteroatoms. The van der Waals surface area contributed by atoms with Gasteiger partial charge in [0, 0.05) is 12.0 Å². The predicted molar refractivity (Wildman–Crippen MR) is 59.7 cm³/mol. The zero-order chi connectivity index (χ0) is 11.7. The predicted octanol–water partition coefficient (Wildman–Crippen LogP) is 0.884. The Kier molecular flexibility index (Phi) is 2.83. The molecule has 4 nitrogen and oxygen atoms in total. The number of fused-ring (bicyclic) bond motifs is 1. The molecule has 1 aromatic rings. The molecule has 1 atom stereocenters. The van der Waals surface area contributed by atoms with Crippen LogP contribution < -0.4 is 10.5 Å². The monoisotopic (exact) mass is 221 g/mol. The van der Waals surface area contributed by atoms with E-state index >= 15 is 0 Å². The van der Waals surface area contributed by atoms with E-state index in [1.807, 2.05) is 19.1 Å². The van der Waals surface area contributed by atoms with Gasteiger partial charge >= 0.3 is 5.97 Å². The van der Waals surface area contributed by atoms with Gasteiger partial charge in [0.25, 0.3) is 0 Å². The molecule has 1 heterocycles. The van der Waals surface area contributed by atoms with Crippen molar-refractivity contribution in [3.63, 3.8) is 0 Å². The number of aryl methyl sites for hydroxylation is 1. The molecular weight excluding hydrogens is 206 g/mol. The maximum atomic E-state index is 10.8. The fourth-order valence-corrected chi connectivity index (χ4v) is 2.05. The molecule has 16 heavy (non-hydrogen) atoms. The number of aliphatic carboxylic acids is 1. The van der Waals surface area contributed by atoms with Crippen LogP contribution in [0.2, 0.25) is 0 Å². The lowest BCUT2D eigenvalue weighted by Crippen LogP contribution is -2.32. The third kappa shape index (κ3) is 1.88. The minimum Gasteiger partial charge on any atom is -0.493 e. The molecule has 0 saturated heterocycles. The highest BCUT2D eigenvalue weighted by Gasteiger charge is 2.21. The summed E-state index contributed by atoms with van der Waals surface area (Å²) in [5.74, 6) is -0.0888. The number of carboxylic acid groups (broad SMARTS) is 1. The Morgan fingerprint density at radius 3 is 3.06 bits per heavy atom. The molecule has 1 aromatic carbocycles. The van der Waals surface area contributed by atoms with Crippen LogP contribution in [-0.2, 0) is 17.6 Å². The number of hydrogen-bond donors (Lipinski definition) is 2. The van der Waals surface area contributed by atoms with Crippen molar-refractivity contribution in [1.82, 2.24) is 0 Å². The van der Waals surface area contributed by atoms with Crippen LogP contribution in [0.5, 0.6) is 5.75 Å². The van der Waals surface area contributed by atoms with Crippen molar-refractivity contribution in [1.29, 1.82) is 0 Å². The summed E-state index contributed by atoms with van der Waals surface area (Å²) >= 11 is 0. The average molecular weight is 221 g/mol. The Balaban J connectivity index is 2.33. The topological polar surface area (TPSA) is 72.6 Å². The smallest absolute Gasteiger partial charge is 0.320 e. The fraction of sp³-hybridized carbons (Fsp3) is 0.417. The fourth-order valence-electron chi connectivity index (χ4n) is 2.05. The van der Waals surface area contributed by atoms with Crippen molar-refractivity contribution in [3.05, 3.63) is 28.8 Å². The van der Waals surface area contributed by atoms with Crippen LogP contribution in [0.3, 0.4) is 0 Å². The van der Waals surface area contributed by atoms with Crippen LogP contribution in [0.4, 0.5) is 0 Å². The molecule has 1 aliphatic heterocycles. The van der Waals surface area contributed by atoms with Crippen LogP contribution in [0.1, 0.15) is 16.7 Å². The van der Waals surface area contributed by atoms with Crippen molar-refractivity contribution >= 4 is 5.97 Å². The number of ether oxygens (including phenoxy) is 1. The number of rotatable bonds is 3. The summed E-state index contributed by atoms with van der Waals surface area (Å²) in [4.78, 5) is 10.8. The summed E-state index contributed by atoms with van der Waals surface area (Å²) in [6.45, 7) is 2.65. The second-order valence-electron chi connectivity index (χ2n) is 4.09. The molecule has 86 valence electrons. The number of carboxylic acids is 1. The van der Waals surface area contributed by atoms with Crippen molar-refractivity contribution in [2.24, 2.45) is 5.73 Å². The lowest BCUT2D eigenvalue weighted by molar-refractivity contribution is -0.138. The van der Waals surface area contributed by atoms with Crippen LogP contribution in [-0.4, -0.2) is 23.7 Å². The lowest BCUT2D eigenvalue weighted by Gasteiger charge is -2.13. The maximum absolute atomic E-state index is 10.8. The first kappa shape index (κ1) is 11.0. The minimum absolute atomic E-state index is 0.369. The van der Waals surface area contributed by atoms with E-state index in [0.717, 1.165) is 28.9 Å². The van der Waals surface area contributed by atoms with E-state index in [2.05, 4.69) is 0 Å². The molecule has 0 bridgehead atoms. The van der Waals surface area contributed by atoms with E-state index in [-0.39, 0.29) is 0 Å². The second-order valence-corrected chi connectivity index (χ2v) is 4.09. The van der Waals surface area contributed by atoms with Gasteiger partial charge in [0.05, 0.1) is 6.61 Å². The molecule has 1 unspecified atom stereocenters. The van der Waals surface area contributed by atoms with E-state index < -0.39 is 12.0 Å². The first-order chi connectivity index (χ1) is 7.59. The normalized spacial score (nSPS) is 15.4. The Morgan fingerprint density at radius 2 is 2.38 bits per heavy atom. The molecule has 0 radical (unpaired) electrons. The lowest BCUT2D eigenvalue weighted by atomic mass is 9.94. The quantitative estimate of drug-likeness (QED) is 0.794. The maximum Gasteiger partial charge on any atom is 0.320 e. The van der Waals surface area contributed by atoms with Crippen molar-refractivity contribution in [2.75, 3.05) is 6.61 Å². The van der Waals surface area contributed by atoms with Crippen LogP contribution in [0, 0.1) is 6.92 Å². The Bertz CT molecular complexity index is 429. The highest BCUT2D eigenvalue weighted by Crippen LogP contribution is 2.31.